The van der Waals surface area contributed by atoms with Gasteiger partial charge < -0.3 is 9.67 Å². The highest BCUT2D eigenvalue weighted by Gasteiger charge is 2.24. The summed E-state index contributed by atoms with van der Waals surface area (Å²) in [6.45, 7) is 0. The minimum absolute atomic E-state index is 0.248. The Morgan fingerprint density at radius 3 is 1.91 bits per heavy atom. The van der Waals surface area contributed by atoms with Crippen molar-refractivity contribution >= 4 is 0 Å². The van der Waals surface area contributed by atoms with E-state index in [0.29, 0.717) is 12.0 Å². The number of aliphatic hydroxyl groups excluding tert-OH is 1. The lowest BCUT2D eigenvalue weighted by Crippen LogP contribution is -2.23. The molecule has 0 spiro atoms. The normalized spacial score (nSPS) is 24.6. The molecule has 0 aromatic carbocycles. The smallest absolute Gasteiger partial charge is 0.0749 e. The molecule has 2 heteroatoms. The molecule has 2 aliphatic carbocycles. The Morgan fingerprint density at radius 2 is 1.32 bits per heavy atom. The topological polar surface area (TPSA) is 25.2 Å². The van der Waals surface area contributed by atoms with Gasteiger partial charge in [-0.05, 0) is 49.7 Å². The Bertz CT molecular complexity index is 438. The summed E-state index contributed by atoms with van der Waals surface area (Å²) < 4.78 is 2.33. The molecular formula is C20H31NO. The molecule has 1 aromatic rings. The number of nitrogens with zero attached hydrogens (tertiary/aromatic N) is 1. The van der Waals surface area contributed by atoms with Crippen LogP contribution in [-0.2, 0) is 0 Å². The highest BCUT2D eigenvalue weighted by molar-refractivity contribution is 5.05. The molecule has 122 valence electrons. The molecule has 22 heavy (non-hydrogen) atoms. The van der Waals surface area contributed by atoms with Crippen molar-refractivity contribution in [1.82, 2.24) is 4.57 Å². The fourth-order valence-corrected chi connectivity index (χ4v) is 4.38. The number of allylic oxidation sites excluding steroid dienone is 1. The van der Waals surface area contributed by atoms with Crippen molar-refractivity contribution in [2.45, 2.75) is 76.4 Å². The second kappa shape index (κ2) is 8.01. The fourth-order valence-electron chi connectivity index (χ4n) is 4.38. The van der Waals surface area contributed by atoms with E-state index >= 15 is 0 Å². The summed E-state index contributed by atoms with van der Waals surface area (Å²) in [4.78, 5) is 0. The molecular weight excluding hydrogens is 270 g/mol. The molecule has 0 amide bonds. The van der Waals surface area contributed by atoms with E-state index in [4.69, 9.17) is 0 Å². The van der Waals surface area contributed by atoms with Crippen molar-refractivity contribution in [3.8, 4) is 0 Å². The zero-order valence-corrected chi connectivity index (χ0v) is 13.7. The van der Waals surface area contributed by atoms with Crippen molar-refractivity contribution in [3.05, 3.63) is 36.7 Å². The van der Waals surface area contributed by atoms with Gasteiger partial charge in [0.15, 0.2) is 0 Å². The molecule has 0 saturated heterocycles. The van der Waals surface area contributed by atoms with Crippen LogP contribution in [0.1, 0.15) is 70.3 Å². The second-order valence-corrected chi connectivity index (χ2v) is 7.29. The largest absolute Gasteiger partial charge is 0.389 e. The summed E-state index contributed by atoms with van der Waals surface area (Å²) in [5, 5.41) is 10.5. The third-order valence-corrected chi connectivity index (χ3v) is 5.74. The first-order valence-corrected chi connectivity index (χ1v) is 9.33. The number of hydrogen-bond acceptors (Lipinski definition) is 1. The van der Waals surface area contributed by atoms with Gasteiger partial charge in [-0.1, -0.05) is 50.7 Å². The first kappa shape index (κ1) is 15.9. The van der Waals surface area contributed by atoms with Crippen LogP contribution in [-0.4, -0.2) is 15.8 Å². The number of hydrogen-bond donors (Lipinski definition) is 1. The monoisotopic (exact) mass is 301 g/mol. The molecule has 3 rings (SSSR count). The fraction of sp³-hybridized carbons (Fsp3) is 0.700. The van der Waals surface area contributed by atoms with Crippen molar-refractivity contribution < 1.29 is 5.11 Å². The summed E-state index contributed by atoms with van der Waals surface area (Å²) in [7, 11) is 0. The molecule has 2 saturated carbocycles. The van der Waals surface area contributed by atoms with Crippen LogP contribution in [0.2, 0.25) is 0 Å². The quantitative estimate of drug-likeness (QED) is 0.751. The molecule has 1 N–H and O–H groups in total. The van der Waals surface area contributed by atoms with Crippen molar-refractivity contribution in [2.24, 2.45) is 11.8 Å². The van der Waals surface area contributed by atoms with E-state index in [2.05, 4.69) is 41.2 Å². The van der Waals surface area contributed by atoms with Gasteiger partial charge in [0.2, 0.25) is 0 Å². The summed E-state index contributed by atoms with van der Waals surface area (Å²) in [5.41, 5.74) is 0. The van der Waals surface area contributed by atoms with E-state index in [1.807, 2.05) is 0 Å². The zero-order chi connectivity index (χ0) is 15.2. The Labute approximate surface area is 135 Å². The number of aliphatic hydroxyl groups is 1. The molecule has 2 nitrogen and oxygen atoms in total. The lowest BCUT2D eigenvalue weighted by molar-refractivity contribution is 0.124. The van der Waals surface area contributed by atoms with Crippen LogP contribution in [0.3, 0.4) is 0 Å². The standard InChI is InChI=1S/C20H31NO/c22-20(18-11-5-2-6-12-18)14-13-19(21-15-7-8-16-21)17-9-3-1-4-10-17/h7-8,13-20,22H,1-6,9-12H2/b14-13+. The highest BCUT2D eigenvalue weighted by Crippen LogP contribution is 2.34. The van der Waals surface area contributed by atoms with E-state index in [1.54, 1.807) is 0 Å². The van der Waals surface area contributed by atoms with Gasteiger partial charge in [-0.3, -0.25) is 0 Å². The Morgan fingerprint density at radius 1 is 0.773 bits per heavy atom. The summed E-state index contributed by atoms with van der Waals surface area (Å²) >= 11 is 0. The van der Waals surface area contributed by atoms with Crippen LogP contribution in [0, 0.1) is 11.8 Å². The van der Waals surface area contributed by atoms with Gasteiger partial charge in [0.05, 0.1) is 12.1 Å². The molecule has 1 heterocycles. The summed E-state index contributed by atoms with van der Waals surface area (Å²) in [6, 6.07) is 4.65. The van der Waals surface area contributed by atoms with Gasteiger partial charge in [0, 0.05) is 12.4 Å². The van der Waals surface area contributed by atoms with Gasteiger partial charge in [0.25, 0.3) is 0 Å². The maximum Gasteiger partial charge on any atom is 0.0749 e. The minimum Gasteiger partial charge on any atom is -0.389 e. The molecule has 2 atom stereocenters. The number of rotatable bonds is 5. The van der Waals surface area contributed by atoms with E-state index in [9.17, 15) is 5.11 Å². The van der Waals surface area contributed by atoms with E-state index in [1.165, 1.54) is 64.2 Å². The molecule has 2 fully saturated rings. The predicted molar refractivity (Wildman–Crippen MR) is 91.8 cm³/mol. The van der Waals surface area contributed by atoms with E-state index in [-0.39, 0.29) is 6.10 Å². The summed E-state index contributed by atoms with van der Waals surface area (Å²) in [5.74, 6) is 1.22. The zero-order valence-electron chi connectivity index (χ0n) is 13.7. The third-order valence-electron chi connectivity index (χ3n) is 5.74. The predicted octanol–water partition coefficient (Wildman–Crippen LogP) is 5.11. The van der Waals surface area contributed by atoms with E-state index in [0.717, 1.165) is 5.92 Å². The Hall–Kier alpha value is -1.02. The highest BCUT2D eigenvalue weighted by atomic mass is 16.3. The first-order valence-electron chi connectivity index (χ1n) is 9.33. The van der Waals surface area contributed by atoms with Gasteiger partial charge in [-0.15, -0.1) is 0 Å². The Kier molecular flexibility index (Phi) is 5.77. The van der Waals surface area contributed by atoms with E-state index < -0.39 is 0 Å². The van der Waals surface area contributed by atoms with Crippen LogP contribution < -0.4 is 0 Å². The number of aromatic nitrogens is 1. The Balaban J connectivity index is 1.67. The lowest BCUT2D eigenvalue weighted by Gasteiger charge is -2.30. The van der Waals surface area contributed by atoms with Crippen LogP contribution in [0.15, 0.2) is 36.7 Å². The van der Waals surface area contributed by atoms with Crippen molar-refractivity contribution in [2.75, 3.05) is 0 Å². The van der Waals surface area contributed by atoms with Crippen LogP contribution in [0.25, 0.3) is 0 Å². The molecule has 0 bridgehead atoms. The minimum atomic E-state index is -0.248. The lowest BCUT2D eigenvalue weighted by atomic mass is 9.82. The summed E-state index contributed by atoms with van der Waals surface area (Å²) in [6.07, 6.45) is 21.6. The first-order chi connectivity index (χ1) is 10.8. The maximum atomic E-state index is 10.5. The second-order valence-electron chi connectivity index (χ2n) is 7.29. The van der Waals surface area contributed by atoms with Crippen molar-refractivity contribution in [3.63, 3.8) is 0 Å². The maximum absolute atomic E-state index is 10.5. The molecule has 1 aromatic heterocycles. The molecule has 2 unspecified atom stereocenters. The molecule has 0 radical (unpaired) electrons. The van der Waals surface area contributed by atoms with Crippen molar-refractivity contribution in [1.29, 1.82) is 0 Å². The van der Waals surface area contributed by atoms with Gasteiger partial charge in [0.1, 0.15) is 0 Å². The van der Waals surface area contributed by atoms with Gasteiger partial charge in [-0.25, -0.2) is 0 Å². The molecule has 0 aliphatic heterocycles. The SMILES string of the molecule is OC(/C=C/C(C1CCCCC1)n1cccc1)C1CCCCC1. The van der Waals surface area contributed by atoms with Crippen LogP contribution >= 0.6 is 0 Å². The van der Waals surface area contributed by atoms with Crippen LogP contribution in [0.4, 0.5) is 0 Å². The molecule has 2 aliphatic rings. The van der Waals surface area contributed by atoms with Gasteiger partial charge >= 0.3 is 0 Å². The average Bonchev–Trinajstić information content (AvgIpc) is 3.11. The van der Waals surface area contributed by atoms with Gasteiger partial charge in [-0.2, -0.15) is 0 Å². The average molecular weight is 301 g/mol. The third kappa shape index (κ3) is 4.04. The van der Waals surface area contributed by atoms with Crippen LogP contribution in [0.5, 0.6) is 0 Å².